The Bertz CT molecular complexity index is 604. The first kappa shape index (κ1) is 14.8. The van der Waals surface area contributed by atoms with E-state index in [4.69, 9.17) is 17.0 Å². The third-order valence-electron chi connectivity index (χ3n) is 2.56. The summed E-state index contributed by atoms with van der Waals surface area (Å²) in [5, 5.41) is 6.81. The average Bonchev–Trinajstić information content (AvgIpc) is 2.44. The molecule has 0 spiro atoms. The minimum Gasteiger partial charge on any atom is -0.492 e. The second-order valence-corrected chi connectivity index (χ2v) is 5.25. The quantitative estimate of drug-likeness (QED) is 0.785. The minimum atomic E-state index is 0.518. The summed E-state index contributed by atoms with van der Waals surface area (Å²) in [5.74, 6) is 0.784. The monoisotopic (exact) mass is 350 g/mol. The average molecular weight is 351 g/mol. The first-order valence-electron chi connectivity index (χ1n) is 6.25. The molecule has 0 aliphatic carbocycles. The maximum absolute atomic E-state index is 5.55. The van der Waals surface area contributed by atoms with Crippen molar-refractivity contribution in [2.24, 2.45) is 0 Å². The van der Waals surface area contributed by atoms with E-state index < -0.39 is 0 Å². The molecule has 2 aromatic rings. The number of nitrogens with one attached hydrogen (secondary N) is 2. The van der Waals surface area contributed by atoms with Crippen LogP contribution in [0, 0.1) is 0 Å². The highest BCUT2D eigenvalue weighted by Gasteiger charge is 2.05. The van der Waals surface area contributed by atoms with E-state index in [2.05, 4.69) is 26.6 Å². The Kier molecular flexibility index (Phi) is 5.38. The van der Waals surface area contributed by atoms with Gasteiger partial charge in [-0.2, -0.15) is 0 Å². The maximum Gasteiger partial charge on any atom is 0.175 e. The van der Waals surface area contributed by atoms with Crippen molar-refractivity contribution in [2.75, 3.05) is 17.2 Å². The van der Waals surface area contributed by atoms with Crippen LogP contribution in [0.15, 0.2) is 53.0 Å². The molecule has 0 bridgehead atoms. The number of thiocarbonyl (C=S) groups is 1. The molecule has 0 aliphatic rings. The molecule has 20 heavy (non-hydrogen) atoms. The van der Waals surface area contributed by atoms with E-state index in [0.29, 0.717) is 11.7 Å². The summed E-state index contributed by atoms with van der Waals surface area (Å²) >= 11 is 8.80. The summed E-state index contributed by atoms with van der Waals surface area (Å²) in [6.45, 7) is 2.57. The molecule has 0 amide bonds. The van der Waals surface area contributed by atoms with Gasteiger partial charge in [-0.25, -0.2) is 0 Å². The predicted octanol–water partition coefficient (Wildman–Crippen LogP) is 4.66. The lowest BCUT2D eigenvalue weighted by Crippen LogP contribution is -2.19. The Labute approximate surface area is 132 Å². The van der Waals surface area contributed by atoms with E-state index in [1.54, 1.807) is 0 Å². The largest absolute Gasteiger partial charge is 0.492 e. The Hall–Kier alpha value is -1.59. The van der Waals surface area contributed by atoms with Crippen molar-refractivity contribution in [1.82, 2.24) is 0 Å². The molecule has 0 aromatic heterocycles. The molecule has 0 atom stereocenters. The van der Waals surface area contributed by atoms with Gasteiger partial charge in [-0.05, 0) is 59.3 Å². The van der Waals surface area contributed by atoms with Crippen molar-refractivity contribution in [3.05, 3.63) is 53.0 Å². The van der Waals surface area contributed by atoms with Crippen molar-refractivity contribution in [1.29, 1.82) is 0 Å². The fraction of sp³-hybridized carbons (Fsp3) is 0.133. The van der Waals surface area contributed by atoms with Crippen molar-refractivity contribution >= 4 is 44.6 Å². The van der Waals surface area contributed by atoms with Gasteiger partial charge >= 0.3 is 0 Å². The smallest absolute Gasteiger partial charge is 0.175 e. The van der Waals surface area contributed by atoms with Gasteiger partial charge in [-0.3, -0.25) is 0 Å². The third-order valence-corrected chi connectivity index (χ3v) is 3.45. The number of benzene rings is 2. The zero-order valence-electron chi connectivity index (χ0n) is 11.0. The molecule has 0 saturated carbocycles. The summed E-state index contributed by atoms with van der Waals surface area (Å²) in [7, 11) is 0. The summed E-state index contributed by atoms with van der Waals surface area (Å²) in [5.41, 5.74) is 1.76. The van der Waals surface area contributed by atoms with Crippen LogP contribution in [0.5, 0.6) is 5.75 Å². The molecule has 2 aromatic carbocycles. The number of ether oxygens (including phenoxy) is 1. The molecular formula is C15H15BrN2OS. The van der Waals surface area contributed by atoms with Crippen molar-refractivity contribution in [3.63, 3.8) is 0 Å². The van der Waals surface area contributed by atoms with Gasteiger partial charge in [0.15, 0.2) is 5.11 Å². The van der Waals surface area contributed by atoms with Gasteiger partial charge in [0.2, 0.25) is 0 Å². The van der Waals surface area contributed by atoms with Crippen LogP contribution in [0.2, 0.25) is 0 Å². The lowest BCUT2D eigenvalue weighted by atomic mass is 10.3. The fourth-order valence-corrected chi connectivity index (χ4v) is 2.29. The van der Waals surface area contributed by atoms with Crippen LogP contribution >= 0.6 is 28.1 Å². The van der Waals surface area contributed by atoms with Gasteiger partial charge in [-0.1, -0.05) is 24.3 Å². The summed E-state index contributed by atoms with van der Waals surface area (Å²) in [6, 6.07) is 15.5. The van der Waals surface area contributed by atoms with E-state index in [-0.39, 0.29) is 0 Å². The second kappa shape index (κ2) is 7.26. The van der Waals surface area contributed by atoms with Gasteiger partial charge in [0.1, 0.15) is 5.75 Å². The van der Waals surface area contributed by atoms with Gasteiger partial charge in [0.05, 0.1) is 18.0 Å². The number of hydrogen-bond donors (Lipinski definition) is 2. The Balaban J connectivity index is 2.07. The first-order valence-corrected chi connectivity index (χ1v) is 7.45. The van der Waals surface area contributed by atoms with Gasteiger partial charge in [-0.15, -0.1) is 0 Å². The van der Waals surface area contributed by atoms with Crippen LogP contribution in [-0.4, -0.2) is 11.7 Å². The number of para-hydroxylation sites is 3. The molecule has 0 heterocycles. The van der Waals surface area contributed by atoms with Gasteiger partial charge in [0, 0.05) is 4.47 Å². The fourth-order valence-electron chi connectivity index (χ4n) is 1.69. The summed E-state index contributed by atoms with van der Waals surface area (Å²) in [4.78, 5) is 0. The van der Waals surface area contributed by atoms with E-state index in [1.165, 1.54) is 0 Å². The molecule has 0 saturated heterocycles. The molecule has 104 valence electrons. The molecule has 0 fully saturated rings. The number of anilines is 2. The van der Waals surface area contributed by atoms with E-state index in [0.717, 1.165) is 21.6 Å². The molecule has 0 aliphatic heterocycles. The molecule has 0 unspecified atom stereocenters. The van der Waals surface area contributed by atoms with Crippen LogP contribution in [-0.2, 0) is 0 Å². The highest BCUT2D eigenvalue weighted by Crippen LogP contribution is 2.25. The molecule has 0 radical (unpaired) electrons. The third kappa shape index (κ3) is 3.95. The predicted molar refractivity (Wildman–Crippen MR) is 91.6 cm³/mol. The van der Waals surface area contributed by atoms with Crippen LogP contribution in [0.4, 0.5) is 11.4 Å². The van der Waals surface area contributed by atoms with Crippen molar-refractivity contribution in [2.45, 2.75) is 6.92 Å². The van der Waals surface area contributed by atoms with Crippen molar-refractivity contribution in [3.8, 4) is 5.75 Å². The lowest BCUT2D eigenvalue weighted by molar-refractivity contribution is 0.342. The van der Waals surface area contributed by atoms with Crippen LogP contribution in [0.25, 0.3) is 0 Å². The van der Waals surface area contributed by atoms with Gasteiger partial charge < -0.3 is 15.4 Å². The summed E-state index contributed by atoms with van der Waals surface area (Å²) < 4.78 is 6.51. The van der Waals surface area contributed by atoms with Crippen LogP contribution in [0.1, 0.15) is 6.92 Å². The standard InChI is InChI=1S/C15H15BrN2OS/c1-2-19-14-10-6-5-9-13(14)18-15(20)17-12-8-4-3-7-11(12)16/h3-10H,2H2,1H3,(H2,17,18,20). The normalized spacial score (nSPS) is 9.90. The molecule has 2 N–H and O–H groups in total. The van der Waals surface area contributed by atoms with E-state index >= 15 is 0 Å². The number of rotatable bonds is 4. The maximum atomic E-state index is 5.55. The van der Waals surface area contributed by atoms with Crippen LogP contribution in [0.3, 0.4) is 0 Å². The molecular weight excluding hydrogens is 336 g/mol. The SMILES string of the molecule is CCOc1ccccc1NC(=S)Nc1ccccc1Br. The van der Waals surface area contributed by atoms with E-state index in [9.17, 15) is 0 Å². The second-order valence-electron chi connectivity index (χ2n) is 3.99. The van der Waals surface area contributed by atoms with Crippen LogP contribution < -0.4 is 15.4 Å². The number of hydrogen-bond acceptors (Lipinski definition) is 2. The zero-order chi connectivity index (χ0) is 14.4. The lowest BCUT2D eigenvalue weighted by Gasteiger charge is -2.14. The summed E-state index contributed by atoms with van der Waals surface area (Å²) in [6.07, 6.45) is 0. The van der Waals surface area contributed by atoms with Crippen molar-refractivity contribution < 1.29 is 4.74 Å². The minimum absolute atomic E-state index is 0.518. The van der Waals surface area contributed by atoms with E-state index in [1.807, 2.05) is 55.5 Å². The van der Waals surface area contributed by atoms with Gasteiger partial charge in [0.25, 0.3) is 0 Å². The highest BCUT2D eigenvalue weighted by atomic mass is 79.9. The first-order chi connectivity index (χ1) is 9.70. The molecule has 3 nitrogen and oxygen atoms in total. The Morgan fingerprint density at radius 2 is 1.65 bits per heavy atom. The topological polar surface area (TPSA) is 33.3 Å². The Morgan fingerprint density at radius 1 is 1.05 bits per heavy atom. The zero-order valence-corrected chi connectivity index (χ0v) is 13.4. The molecule has 2 rings (SSSR count). The number of halogens is 1. The highest BCUT2D eigenvalue weighted by molar-refractivity contribution is 9.10. The molecule has 5 heteroatoms. The Morgan fingerprint density at radius 3 is 2.35 bits per heavy atom.